The van der Waals surface area contributed by atoms with Crippen LogP contribution in [-0.4, -0.2) is 21.0 Å². The van der Waals surface area contributed by atoms with E-state index in [2.05, 4.69) is 65.1 Å². The molecule has 0 atom stereocenters. The van der Waals surface area contributed by atoms with Gasteiger partial charge in [0.1, 0.15) is 0 Å². The van der Waals surface area contributed by atoms with E-state index in [1.54, 1.807) is 0 Å². The summed E-state index contributed by atoms with van der Waals surface area (Å²) in [4.78, 5) is 0. The van der Waals surface area contributed by atoms with Crippen molar-refractivity contribution in [2.45, 2.75) is 63.9 Å². The lowest BCUT2D eigenvalue weighted by atomic mass is 10.3. The molecule has 0 aliphatic carbocycles. The summed E-state index contributed by atoms with van der Waals surface area (Å²) < 4.78 is 0.883. The molecule has 14 heavy (non-hydrogen) atoms. The van der Waals surface area contributed by atoms with Crippen LogP contribution in [0, 0.1) is 0 Å². The zero-order valence-corrected chi connectivity index (χ0v) is 12.3. The third-order valence-electron chi connectivity index (χ3n) is 1.61. The minimum atomic E-state index is 0.442. The third kappa shape index (κ3) is 12.7. The van der Waals surface area contributed by atoms with E-state index in [0.29, 0.717) is 9.49 Å². The molecule has 0 bridgehead atoms. The molecule has 0 aromatic heterocycles. The predicted molar refractivity (Wildman–Crippen MR) is 73.7 cm³/mol. The second kappa shape index (κ2) is 6.32. The highest BCUT2D eigenvalue weighted by Crippen LogP contribution is 2.26. The maximum absolute atomic E-state index is 2.29. The first kappa shape index (κ1) is 14.7. The Bertz CT molecular complexity index is 121. The maximum Gasteiger partial charge on any atom is 0.00750 e. The van der Waals surface area contributed by atoms with E-state index in [1.807, 2.05) is 0 Å². The van der Waals surface area contributed by atoms with Crippen molar-refractivity contribution in [3.63, 3.8) is 0 Å². The molecule has 0 aromatic rings. The molecule has 0 aliphatic heterocycles. The van der Waals surface area contributed by atoms with E-state index in [1.165, 1.54) is 24.3 Å². The molecule has 0 unspecified atom stereocenters. The minimum absolute atomic E-state index is 0.442. The molecule has 0 radical (unpaired) electrons. The van der Waals surface area contributed by atoms with Crippen LogP contribution in [0.3, 0.4) is 0 Å². The van der Waals surface area contributed by atoms with Gasteiger partial charge in [-0.2, -0.15) is 23.5 Å². The molecular weight excluding hydrogens is 208 g/mol. The second-order valence-corrected chi connectivity index (χ2v) is 9.47. The van der Waals surface area contributed by atoms with Gasteiger partial charge in [0.05, 0.1) is 0 Å². The minimum Gasteiger partial charge on any atom is -0.156 e. The highest BCUT2D eigenvalue weighted by atomic mass is 32.2. The van der Waals surface area contributed by atoms with E-state index >= 15 is 0 Å². The summed E-state index contributed by atoms with van der Waals surface area (Å²) in [5.41, 5.74) is 0. The van der Waals surface area contributed by atoms with Gasteiger partial charge in [-0.1, -0.05) is 41.5 Å². The zero-order chi connectivity index (χ0) is 11.2. The first-order valence-electron chi connectivity index (χ1n) is 5.49. The van der Waals surface area contributed by atoms with E-state index in [-0.39, 0.29) is 0 Å². The fourth-order valence-electron chi connectivity index (χ4n) is 0.961. The normalized spacial score (nSPS) is 13.3. The third-order valence-corrected chi connectivity index (χ3v) is 4.33. The molecule has 0 spiro atoms. The molecule has 86 valence electrons. The van der Waals surface area contributed by atoms with Crippen LogP contribution in [0.15, 0.2) is 0 Å². The molecule has 0 N–H and O–H groups in total. The van der Waals surface area contributed by atoms with Gasteiger partial charge in [0.15, 0.2) is 0 Å². The summed E-state index contributed by atoms with van der Waals surface area (Å²) in [5.74, 6) is 2.63. The summed E-state index contributed by atoms with van der Waals surface area (Å²) in [7, 11) is 0. The standard InChI is InChI=1S/C12H26S2/c1-11(2,3)13-9-7-8-10-14-12(4,5)6/h7-10H2,1-6H3. The average molecular weight is 234 g/mol. The van der Waals surface area contributed by atoms with Crippen molar-refractivity contribution < 1.29 is 0 Å². The molecule has 0 fully saturated rings. The van der Waals surface area contributed by atoms with Gasteiger partial charge in [0, 0.05) is 9.49 Å². The predicted octanol–water partition coefficient (Wildman–Crippen LogP) is 4.83. The smallest absolute Gasteiger partial charge is 0.00750 e. The van der Waals surface area contributed by atoms with Crippen molar-refractivity contribution in [3.05, 3.63) is 0 Å². The summed E-state index contributed by atoms with van der Waals surface area (Å²) >= 11 is 4.16. The van der Waals surface area contributed by atoms with Crippen LogP contribution in [0.2, 0.25) is 0 Å². The molecule has 0 aromatic carbocycles. The van der Waals surface area contributed by atoms with Crippen LogP contribution in [-0.2, 0) is 0 Å². The first-order chi connectivity index (χ1) is 6.21. The molecule has 2 heteroatoms. The van der Waals surface area contributed by atoms with E-state index < -0.39 is 0 Å². The van der Waals surface area contributed by atoms with E-state index in [4.69, 9.17) is 0 Å². The highest BCUT2D eigenvalue weighted by Gasteiger charge is 2.11. The van der Waals surface area contributed by atoms with Gasteiger partial charge in [-0.05, 0) is 24.3 Å². The summed E-state index contributed by atoms with van der Waals surface area (Å²) in [6, 6.07) is 0. The number of hydrogen-bond acceptors (Lipinski definition) is 2. The van der Waals surface area contributed by atoms with Crippen LogP contribution >= 0.6 is 23.5 Å². The monoisotopic (exact) mass is 234 g/mol. The largest absolute Gasteiger partial charge is 0.156 e. The van der Waals surface area contributed by atoms with Crippen molar-refractivity contribution in [1.82, 2.24) is 0 Å². The maximum atomic E-state index is 2.29. The fourth-order valence-corrected chi connectivity index (χ4v) is 2.88. The van der Waals surface area contributed by atoms with Gasteiger partial charge >= 0.3 is 0 Å². The highest BCUT2D eigenvalue weighted by molar-refractivity contribution is 8.00. The molecule has 0 saturated carbocycles. The van der Waals surface area contributed by atoms with Crippen molar-refractivity contribution >= 4 is 23.5 Å². The van der Waals surface area contributed by atoms with Crippen molar-refractivity contribution in [3.8, 4) is 0 Å². The summed E-state index contributed by atoms with van der Waals surface area (Å²) in [6.07, 6.45) is 2.73. The Hall–Kier alpha value is 0.700. The van der Waals surface area contributed by atoms with Crippen molar-refractivity contribution in [2.75, 3.05) is 11.5 Å². The van der Waals surface area contributed by atoms with Crippen LogP contribution in [0.5, 0.6) is 0 Å². The van der Waals surface area contributed by atoms with Gasteiger partial charge in [-0.15, -0.1) is 0 Å². The Morgan fingerprint density at radius 3 is 1.14 bits per heavy atom. The van der Waals surface area contributed by atoms with E-state index in [9.17, 15) is 0 Å². The molecule has 0 aliphatic rings. The van der Waals surface area contributed by atoms with E-state index in [0.717, 1.165) is 0 Å². The lowest BCUT2D eigenvalue weighted by Gasteiger charge is -2.19. The molecule has 0 amide bonds. The molecular formula is C12H26S2. The number of hydrogen-bond donors (Lipinski definition) is 0. The van der Waals surface area contributed by atoms with Gasteiger partial charge < -0.3 is 0 Å². The average Bonchev–Trinajstić information content (AvgIpc) is 1.92. The fraction of sp³-hybridized carbons (Fsp3) is 1.00. The number of thioether (sulfide) groups is 2. The van der Waals surface area contributed by atoms with Crippen LogP contribution in [0.1, 0.15) is 54.4 Å². The summed E-state index contributed by atoms with van der Waals surface area (Å²) in [5, 5.41) is 0. The van der Waals surface area contributed by atoms with Crippen LogP contribution in [0.4, 0.5) is 0 Å². The molecule has 0 rings (SSSR count). The Morgan fingerprint density at radius 2 is 0.929 bits per heavy atom. The second-order valence-electron chi connectivity index (χ2n) is 5.63. The van der Waals surface area contributed by atoms with Gasteiger partial charge in [0.25, 0.3) is 0 Å². The van der Waals surface area contributed by atoms with Gasteiger partial charge in [0.2, 0.25) is 0 Å². The molecule has 0 nitrogen and oxygen atoms in total. The lowest BCUT2D eigenvalue weighted by Crippen LogP contribution is -2.09. The molecule has 0 heterocycles. The van der Waals surface area contributed by atoms with Gasteiger partial charge in [-0.3, -0.25) is 0 Å². The Kier molecular flexibility index (Phi) is 6.63. The number of unbranched alkanes of at least 4 members (excludes halogenated alkanes) is 1. The quantitative estimate of drug-likeness (QED) is 0.625. The first-order valence-corrected chi connectivity index (χ1v) is 7.46. The zero-order valence-electron chi connectivity index (χ0n) is 10.6. The van der Waals surface area contributed by atoms with Crippen molar-refractivity contribution in [1.29, 1.82) is 0 Å². The van der Waals surface area contributed by atoms with Gasteiger partial charge in [-0.25, -0.2) is 0 Å². The summed E-state index contributed by atoms with van der Waals surface area (Å²) in [6.45, 7) is 13.8. The lowest BCUT2D eigenvalue weighted by molar-refractivity contribution is 0.787. The topological polar surface area (TPSA) is 0 Å². The van der Waals surface area contributed by atoms with Crippen molar-refractivity contribution in [2.24, 2.45) is 0 Å². The molecule has 0 saturated heterocycles. The Balaban J connectivity index is 3.23. The van der Waals surface area contributed by atoms with Crippen LogP contribution in [0.25, 0.3) is 0 Å². The SMILES string of the molecule is CC(C)(C)SCCCCSC(C)(C)C. The van der Waals surface area contributed by atoms with Crippen LogP contribution < -0.4 is 0 Å². The number of rotatable bonds is 5. The Morgan fingerprint density at radius 1 is 0.643 bits per heavy atom. The Labute approximate surface area is 99.0 Å².